The number of nitrogens with zero attached hydrogens (tertiary/aromatic N) is 4. The molecule has 140 valence electrons. The first-order valence-electron chi connectivity index (χ1n) is 8.93. The highest BCUT2D eigenvalue weighted by atomic mass is 35.5. The molecule has 0 radical (unpaired) electrons. The number of likely N-dealkylation sites (tertiary alicyclic amines) is 1. The van der Waals surface area contributed by atoms with Crippen molar-refractivity contribution in [1.82, 2.24) is 25.2 Å². The molecule has 1 fully saturated rings. The molecule has 1 saturated heterocycles. The van der Waals surface area contributed by atoms with Crippen LogP contribution in [-0.2, 0) is 6.54 Å². The topological polar surface area (TPSA) is 83.3 Å². The van der Waals surface area contributed by atoms with Gasteiger partial charge in [0.25, 0.3) is 5.91 Å². The molecule has 1 aliphatic rings. The number of hydrogen-bond acceptors (Lipinski definition) is 5. The molecule has 1 aliphatic heterocycles. The van der Waals surface area contributed by atoms with E-state index >= 15 is 0 Å². The van der Waals surface area contributed by atoms with Gasteiger partial charge in [0.15, 0.2) is 5.69 Å². The number of piperidine rings is 1. The first kappa shape index (κ1) is 18.8. The zero-order chi connectivity index (χ0) is 18.4. The molecule has 2 aromatic rings. The van der Waals surface area contributed by atoms with Crippen LogP contribution in [-0.4, -0.2) is 63.2 Å². The summed E-state index contributed by atoms with van der Waals surface area (Å²) in [6.45, 7) is 3.74. The third kappa shape index (κ3) is 5.52. The molecule has 26 heavy (non-hydrogen) atoms. The van der Waals surface area contributed by atoms with Gasteiger partial charge in [0.05, 0.1) is 18.8 Å². The maximum absolute atomic E-state index is 12.2. The van der Waals surface area contributed by atoms with Crippen LogP contribution in [0, 0.1) is 0 Å². The Labute approximate surface area is 157 Å². The molecule has 1 atom stereocenters. The van der Waals surface area contributed by atoms with Crippen LogP contribution in [0.2, 0.25) is 5.02 Å². The number of carbonyl (C=O) groups excluding carboxylic acids is 1. The number of hydrogen-bond donors (Lipinski definition) is 2. The number of rotatable bonds is 7. The second-order valence-electron chi connectivity index (χ2n) is 6.63. The summed E-state index contributed by atoms with van der Waals surface area (Å²) in [4.78, 5) is 14.4. The average molecular weight is 378 g/mol. The summed E-state index contributed by atoms with van der Waals surface area (Å²) in [6, 6.07) is 7.48. The maximum atomic E-state index is 12.2. The van der Waals surface area contributed by atoms with Crippen LogP contribution in [0.4, 0.5) is 0 Å². The predicted molar refractivity (Wildman–Crippen MR) is 99.2 cm³/mol. The second kappa shape index (κ2) is 9.12. The summed E-state index contributed by atoms with van der Waals surface area (Å²) in [5, 5.41) is 21.2. The minimum Gasteiger partial charge on any atom is -0.392 e. The number of aliphatic hydroxyl groups excluding tert-OH is 1. The number of aliphatic hydroxyl groups is 1. The molecule has 1 aromatic heterocycles. The van der Waals surface area contributed by atoms with E-state index in [2.05, 4.69) is 20.5 Å². The third-order valence-electron chi connectivity index (χ3n) is 4.45. The zero-order valence-electron chi connectivity index (χ0n) is 14.6. The highest BCUT2D eigenvalue weighted by Gasteiger charge is 2.17. The lowest BCUT2D eigenvalue weighted by molar-refractivity contribution is 0.0697. The molecule has 0 aliphatic carbocycles. The van der Waals surface area contributed by atoms with Crippen molar-refractivity contribution in [3.63, 3.8) is 0 Å². The lowest BCUT2D eigenvalue weighted by Gasteiger charge is -2.29. The Bertz CT molecular complexity index is 719. The predicted octanol–water partition coefficient (Wildman–Crippen LogP) is 1.56. The van der Waals surface area contributed by atoms with E-state index in [1.807, 2.05) is 24.3 Å². The smallest absolute Gasteiger partial charge is 0.273 e. The Morgan fingerprint density at radius 1 is 1.35 bits per heavy atom. The molecule has 0 unspecified atom stereocenters. The number of carbonyl (C=O) groups is 1. The molecular formula is C18H24ClN5O2. The monoisotopic (exact) mass is 377 g/mol. The number of benzene rings is 1. The molecule has 0 bridgehead atoms. The lowest BCUT2D eigenvalue weighted by Crippen LogP contribution is -2.39. The van der Waals surface area contributed by atoms with Crippen LogP contribution in [0.3, 0.4) is 0 Å². The fraction of sp³-hybridized carbons (Fsp3) is 0.500. The van der Waals surface area contributed by atoms with Crippen molar-refractivity contribution in [1.29, 1.82) is 0 Å². The average Bonchev–Trinajstić information content (AvgIpc) is 3.09. The second-order valence-corrected chi connectivity index (χ2v) is 7.07. The first-order chi connectivity index (χ1) is 12.6. The maximum Gasteiger partial charge on any atom is 0.273 e. The van der Waals surface area contributed by atoms with E-state index in [1.54, 1.807) is 10.9 Å². The quantitative estimate of drug-likeness (QED) is 0.715. The van der Waals surface area contributed by atoms with Crippen molar-refractivity contribution in [3.05, 3.63) is 46.7 Å². The molecule has 0 spiro atoms. The largest absolute Gasteiger partial charge is 0.392 e. The minimum absolute atomic E-state index is 0.214. The Hall–Kier alpha value is -1.96. The van der Waals surface area contributed by atoms with E-state index in [0.29, 0.717) is 23.8 Å². The van der Waals surface area contributed by atoms with Crippen LogP contribution in [0.25, 0.3) is 0 Å². The molecule has 8 heteroatoms. The van der Waals surface area contributed by atoms with Crippen LogP contribution in [0.1, 0.15) is 35.3 Å². The van der Waals surface area contributed by atoms with E-state index < -0.39 is 0 Å². The third-order valence-corrected chi connectivity index (χ3v) is 4.70. The van der Waals surface area contributed by atoms with Crippen LogP contribution < -0.4 is 5.32 Å². The molecule has 1 amide bonds. The fourth-order valence-corrected chi connectivity index (χ4v) is 3.21. The molecule has 0 saturated carbocycles. The Balaban J connectivity index is 1.41. The van der Waals surface area contributed by atoms with Crippen LogP contribution >= 0.6 is 11.6 Å². The first-order valence-corrected chi connectivity index (χ1v) is 9.31. The lowest BCUT2D eigenvalue weighted by atomic mass is 10.1. The Morgan fingerprint density at radius 3 is 2.92 bits per heavy atom. The van der Waals surface area contributed by atoms with Crippen molar-refractivity contribution in [3.8, 4) is 0 Å². The highest BCUT2D eigenvalue weighted by molar-refractivity contribution is 6.30. The summed E-state index contributed by atoms with van der Waals surface area (Å²) in [5.41, 5.74) is 1.35. The number of aromatic nitrogens is 3. The molecule has 3 rings (SSSR count). The van der Waals surface area contributed by atoms with Crippen molar-refractivity contribution < 1.29 is 9.90 Å². The number of halogens is 1. The Morgan fingerprint density at radius 2 is 2.15 bits per heavy atom. The summed E-state index contributed by atoms with van der Waals surface area (Å²) < 4.78 is 1.63. The molecule has 2 N–H and O–H groups in total. The number of amides is 1. The van der Waals surface area contributed by atoms with E-state index in [-0.39, 0.29) is 12.0 Å². The van der Waals surface area contributed by atoms with Gasteiger partial charge in [-0.2, -0.15) is 0 Å². The van der Waals surface area contributed by atoms with Gasteiger partial charge >= 0.3 is 0 Å². The van der Waals surface area contributed by atoms with Crippen molar-refractivity contribution in [2.75, 3.05) is 26.2 Å². The van der Waals surface area contributed by atoms with Crippen molar-refractivity contribution in [2.24, 2.45) is 0 Å². The van der Waals surface area contributed by atoms with Crippen LogP contribution in [0.5, 0.6) is 0 Å². The van der Waals surface area contributed by atoms with Gasteiger partial charge in [-0.3, -0.25) is 4.79 Å². The van der Waals surface area contributed by atoms with E-state index in [0.717, 1.165) is 44.5 Å². The van der Waals surface area contributed by atoms with Gasteiger partial charge < -0.3 is 15.3 Å². The zero-order valence-corrected chi connectivity index (χ0v) is 15.4. The highest BCUT2D eigenvalue weighted by Crippen LogP contribution is 2.11. The Kier molecular flexibility index (Phi) is 6.60. The number of nitrogens with one attached hydrogen (secondary N) is 1. The van der Waals surface area contributed by atoms with Gasteiger partial charge in [-0.1, -0.05) is 28.9 Å². The minimum atomic E-state index is -0.217. The summed E-state index contributed by atoms with van der Waals surface area (Å²) in [5.74, 6) is -0.217. The van der Waals surface area contributed by atoms with Crippen molar-refractivity contribution in [2.45, 2.75) is 31.9 Å². The summed E-state index contributed by atoms with van der Waals surface area (Å²) in [6.07, 6.45) is 4.19. The van der Waals surface area contributed by atoms with Gasteiger partial charge in [0, 0.05) is 18.1 Å². The number of β-amino-alcohol motifs (C(OH)–C–C–N with tert-alkyl or cyclic N) is 1. The van der Waals surface area contributed by atoms with Gasteiger partial charge in [-0.05, 0) is 50.0 Å². The fourth-order valence-electron chi connectivity index (χ4n) is 3.09. The van der Waals surface area contributed by atoms with E-state index in [1.165, 1.54) is 0 Å². The van der Waals surface area contributed by atoms with Crippen LogP contribution in [0.15, 0.2) is 30.5 Å². The van der Waals surface area contributed by atoms with Gasteiger partial charge in [0.2, 0.25) is 0 Å². The molecule has 1 aromatic carbocycles. The van der Waals surface area contributed by atoms with Gasteiger partial charge in [-0.25, -0.2) is 4.68 Å². The van der Waals surface area contributed by atoms with E-state index in [9.17, 15) is 9.90 Å². The van der Waals surface area contributed by atoms with Gasteiger partial charge in [-0.15, -0.1) is 5.10 Å². The van der Waals surface area contributed by atoms with E-state index in [4.69, 9.17) is 11.6 Å². The summed E-state index contributed by atoms with van der Waals surface area (Å²) >= 11 is 5.87. The molecule has 7 nitrogen and oxygen atoms in total. The molecular weight excluding hydrogens is 354 g/mol. The molecule has 2 heterocycles. The summed E-state index contributed by atoms with van der Waals surface area (Å²) in [7, 11) is 0. The SMILES string of the molecule is O=C(NCCCN1CCC[C@@H](O)C1)c1cn(Cc2ccc(Cl)cc2)nn1. The van der Waals surface area contributed by atoms with Crippen molar-refractivity contribution >= 4 is 17.5 Å². The standard InChI is InChI=1S/C18H24ClN5O2/c19-15-6-4-14(5-7-15)11-24-13-17(21-22-24)18(26)20-8-2-10-23-9-1-3-16(25)12-23/h4-7,13,16,25H,1-3,8-12H2,(H,20,26)/t16-/m1/s1. The normalized spacial score (nSPS) is 18.0. The van der Waals surface area contributed by atoms with Gasteiger partial charge in [0.1, 0.15) is 0 Å².